The number of aliphatic hydroxyl groups is 1. The molecule has 98 valence electrons. The zero-order valence-electron chi connectivity index (χ0n) is 10.5. The van der Waals surface area contributed by atoms with Crippen LogP contribution in [0, 0.1) is 0 Å². The highest BCUT2D eigenvalue weighted by Gasteiger charge is 2.26. The number of anilines is 1. The fraction of sp³-hybridized carbons (Fsp3) is 0.500. The molecule has 2 N–H and O–H groups in total. The Balaban J connectivity index is 1.98. The number of carbonyl (C=O) groups excluding carboxylic acids is 1. The van der Waals surface area contributed by atoms with E-state index in [4.69, 9.17) is 5.11 Å². The van der Waals surface area contributed by atoms with Crippen LogP contribution in [0.25, 0.3) is 0 Å². The normalized spacial score (nSPS) is 19.6. The molecule has 2 rings (SSSR count). The average Bonchev–Trinajstić information content (AvgIpc) is 2.41. The summed E-state index contributed by atoms with van der Waals surface area (Å²) >= 11 is 0. The maximum absolute atomic E-state index is 12.2. The van der Waals surface area contributed by atoms with Crippen molar-refractivity contribution in [1.29, 1.82) is 0 Å². The molecule has 2 amide bonds. The molecule has 18 heavy (non-hydrogen) atoms. The van der Waals surface area contributed by atoms with Crippen molar-refractivity contribution in [3.63, 3.8) is 0 Å². The molecule has 0 unspecified atom stereocenters. The standard InChI is InChI=1S/C14H20N2O2/c17-11-9-13-8-4-5-10-16(13)14(18)15-12-6-2-1-3-7-12/h1-3,6-7,13,17H,4-5,8-11H2,(H,15,18)/t13-/m0/s1. The highest BCUT2D eigenvalue weighted by Crippen LogP contribution is 2.20. The fourth-order valence-electron chi connectivity index (χ4n) is 2.43. The predicted octanol–water partition coefficient (Wildman–Crippen LogP) is 2.46. The Labute approximate surface area is 108 Å². The third-order valence-corrected chi connectivity index (χ3v) is 3.38. The molecule has 1 aliphatic rings. The second-order valence-corrected chi connectivity index (χ2v) is 4.65. The van der Waals surface area contributed by atoms with Crippen molar-refractivity contribution in [1.82, 2.24) is 4.90 Å². The van der Waals surface area contributed by atoms with Crippen molar-refractivity contribution in [3.8, 4) is 0 Å². The highest BCUT2D eigenvalue weighted by atomic mass is 16.3. The summed E-state index contributed by atoms with van der Waals surface area (Å²) in [5.41, 5.74) is 0.816. The first-order valence-electron chi connectivity index (χ1n) is 6.55. The number of benzene rings is 1. The third kappa shape index (κ3) is 3.23. The van der Waals surface area contributed by atoms with Gasteiger partial charge in [0, 0.05) is 24.9 Å². The number of nitrogens with zero attached hydrogens (tertiary/aromatic N) is 1. The van der Waals surface area contributed by atoms with E-state index in [-0.39, 0.29) is 18.7 Å². The minimum absolute atomic E-state index is 0.0562. The van der Waals surface area contributed by atoms with Crippen LogP contribution in [0.5, 0.6) is 0 Å². The molecule has 1 aromatic rings. The summed E-state index contributed by atoms with van der Waals surface area (Å²) in [4.78, 5) is 14.0. The number of hydrogen-bond donors (Lipinski definition) is 2. The molecule has 0 aliphatic carbocycles. The van der Waals surface area contributed by atoms with Gasteiger partial charge in [0.05, 0.1) is 0 Å². The number of amides is 2. The zero-order chi connectivity index (χ0) is 12.8. The molecule has 0 radical (unpaired) electrons. The molecule has 4 heteroatoms. The molecule has 1 aromatic carbocycles. The molecular weight excluding hydrogens is 228 g/mol. The zero-order valence-corrected chi connectivity index (χ0v) is 10.5. The van der Waals surface area contributed by atoms with Crippen molar-refractivity contribution in [2.24, 2.45) is 0 Å². The number of rotatable bonds is 3. The van der Waals surface area contributed by atoms with E-state index in [2.05, 4.69) is 5.32 Å². The van der Waals surface area contributed by atoms with Crippen LogP contribution in [-0.2, 0) is 0 Å². The fourth-order valence-corrected chi connectivity index (χ4v) is 2.43. The predicted molar refractivity (Wildman–Crippen MR) is 71.5 cm³/mol. The number of nitrogens with one attached hydrogen (secondary N) is 1. The first kappa shape index (κ1) is 12.9. The van der Waals surface area contributed by atoms with Crippen LogP contribution in [0.3, 0.4) is 0 Å². The summed E-state index contributed by atoms with van der Waals surface area (Å²) in [6.45, 7) is 0.920. The van der Waals surface area contributed by atoms with Crippen LogP contribution in [0.4, 0.5) is 10.5 Å². The largest absolute Gasteiger partial charge is 0.396 e. The molecule has 4 nitrogen and oxygen atoms in total. The molecule has 0 saturated carbocycles. The van der Waals surface area contributed by atoms with Crippen LogP contribution in [0.2, 0.25) is 0 Å². The molecule has 0 bridgehead atoms. The van der Waals surface area contributed by atoms with Crippen LogP contribution in [0.15, 0.2) is 30.3 Å². The molecule has 0 spiro atoms. The van der Waals surface area contributed by atoms with Gasteiger partial charge in [0.2, 0.25) is 0 Å². The lowest BCUT2D eigenvalue weighted by Crippen LogP contribution is -2.46. The topological polar surface area (TPSA) is 52.6 Å². The van der Waals surface area contributed by atoms with Crippen LogP contribution in [-0.4, -0.2) is 35.2 Å². The van der Waals surface area contributed by atoms with Crippen molar-refractivity contribution in [2.45, 2.75) is 31.7 Å². The van der Waals surface area contributed by atoms with Gasteiger partial charge in [0.1, 0.15) is 0 Å². The number of urea groups is 1. The molecule has 1 heterocycles. The van der Waals surface area contributed by atoms with E-state index in [1.165, 1.54) is 0 Å². The number of likely N-dealkylation sites (tertiary alicyclic amines) is 1. The average molecular weight is 248 g/mol. The van der Waals surface area contributed by atoms with Gasteiger partial charge in [-0.1, -0.05) is 18.2 Å². The van der Waals surface area contributed by atoms with Crippen molar-refractivity contribution in [2.75, 3.05) is 18.5 Å². The van der Waals surface area contributed by atoms with Crippen molar-refractivity contribution in [3.05, 3.63) is 30.3 Å². The number of carbonyl (C=O) groups is 1. The number of para-hydroxylation sites is 1. The summed E-state index contributed by atoms with van der Waals surface area (Å²) in [6, 6.07) is 9.59. The van der Waals surface area contributed by atoms with Gasteiger partial charge in [0.15, 0.2) is 0 Å². The van der Waals surface area contributed by atoms with Gasteiger partial charge in [-0.15, -0.1) is 0 Å². The minimum atomic E-state index is -0.0562. The molecule has 1 aliphatic heterocycles. The van der Waals surface area contributed by atoms with Gasteiger partial charge in [0.25, 0.3) is 0 Å². The third-order valence-electron chi connectivity index (χ3n) is 3.38. The number of aliphatic hydroxyl groups excluding tert-OH is 1. The second-order valence-electron chi connectivity index (χ2n) is 4.65. The molecule has 1 atom stereocenters. The monoisotopic (exact) mass is 248 g/mol. The van der Waals surface area contributed by atoms with Crippen LogP contribution >= 0.6 is 0 Å². The smallest absolute Gasteiger partial charge is 0.322 e. The summed E-state index contributed by atoms with van der Waals surface area (Å²) < 4.78 is 0. The van der Waals surface area contributed by atoms with Crippen LogP contribution < -0.4 is 5.32 Å². The van der Waals surface area contributed by atoms with E-state index in [1.807, 2.05) is 35.2 Å². The first-order chi connectivity index (χ1) is 8.81. The van der Waals surface area contributed by atoms with E-state index in [1.54, 1.807) is 0 Å². The van der Waals surface area contributed by atoms with Gasteiger partial charge >= 0.3 is 6.03 Å². The van der Waals surface area contributed by atoms with E-state index in [0.29, 0.717) is 6.42 Å². The van der Waals surface area contributed by atoms with Gasteiger partial charge in [-0.2, -0.15) is 0 Å². The maximum Gasteiger partial charge on any atom is 0.322 e. The Bertz CT molecular complexity index is 379. The quantitative estimate of drug-likeness (QED) is 0.863. The van der Waals surface area contributed by atoms with E-state index < -0.39 is 0 Å². The lowest BCUT2D eigenvalue weighted by atomic mass is 10.0. The highest BCUT2D eigenvalue weighted by molar-refractivity contribution is 5.89. The Kier molecular flexibility index (Phi) is 4.59. The lowest BCUT2D eigenvalue weighted by molar-refractivity contribution is 0.141. The Morgan fingerprint density at radius 1 is 1.33 bits per heavy atom. The maximum atomic E-state index is 12.2. The summed E-state index contributed by atoms with van der Waals surface area (Å²) in [5, 5.41) is 12.0. The van der Waals surface area contributed by atoms with Crippen LogP contribution in [0.1, 0.15) is 25.7 Å². The van der Waals surface area contributed by atoms with Gasteiger partial charge in [-0.25, -0.2) is 4.79 Å². The second kappa shape index (κ2) is 6.40. The van der Waals surface area contributed by atoms with E-state index >= 15 is 0 Å². The van der Waals surface area contributed by atoms with Crippen molar-refractivity contribution >= 4 is 11.7 Å². The van der Waals surface area contributed by atoms with E-state index in [9.17, 15) is 4.79 Å². The Morgan fingerprint density at radius 2 is 2.11 bits per heavy atom. The summed E-state index contributed by atoms with van der Waals surface area (Å²) in [5.74, 6) is 0. The molecule has 0 aromatic heterocycles. The van der Waals surface area contributed by atoms with Gasteiger partial charge in [-0.05, 0) is 37.8 Å². The lowest BCUT2D eigenvalue weighted by Gasteiger charge is -2.35. The molecule has 1 saturated heterocycles. The first-order valence-corrected chi connectivity index (χ1v) is 6.55. The van der Waals surface area contributed by atoms with Gasteiger partial charge in [-0.3, -0.25) is 0 Å². The minimum Gasteiger partial charge on any atom is -0.396 e. The molecule has 1 fully saturated rings. The Morgan fingerprint density at radius 3 is 2.83 bits per heavy atom. The Hall–Kier alpha value is -1.55. The SMILES string of the molecule is O=C(Nc1ccccc1)N1CCCC[C@H]1CCO. The van der Waals surface area contributed by atoms with E-state index in [0.717, 1.165) is 31.5 Å². The van der Waals surface area contributed by atoms with Crippen molar-refractivity contribution < 1.29 is 9.90 Å². The van der Waals surface area contributed by atoms with Gasteiger partial charge < -0.3 is 15.3 Å². The summed E-state index contributed by atoms with van der Waals surface area (Å²) in [7, 11) is 0. The number of hydrogen-bond acceptors (Lipinski definition) is 2. The molecular formula is C14H20N2O2. The summed E-state index contributed by atoms with van der Waals surface area (Å²) in [6.07, 6.45) is 3.84. The number of piperidine rings is 1.